The van der Waals surface area contributed by atoms with E-state index in [4.69, 9.17) is 0 Å². The first-order valence-corrected chi connectivity index (χ1v) is 9.49. The molecule has 0 aliphatic carbocycles. The van der Waals surface area contributed by atoms with Gasteiger partial charge in [-0.05, 0) is 24.1 Å². The molecule has 2 N–H and O–H groups in total. The van der Waals surface area contributed by atoms with Gasteiger partial charge in [0, 0.05) is 26.1 Å². The molecule has 9 heteroatoms. The lowest BCUT2D eigenvalue weighted by atomic mass is 10.1. The van der Waals surface area contributed by atoms with Crippen molar-refractivity contribution in [2.75, 3.05) is 13.1 Å². The predicted octanol–water partition coefficient (Wildman–Crippen LogP) is 3.39. The van der Waals surface area contributed by atoms with Crippen LogP contribution in [0.1, 0.15) is 43.6 Å². The molecule has 0 unspecified atom stereocenters. The summed E-state index contributed by atoms with van der Waals surface area (Å²) in [6.45, 7) is 6.30. The summed E-state index contributed by atoms with van der Waals surface area (Å²) in [5, 5.41) is 14.4. The summed E-state index contributed by atoms with van der Waals surface area (Å²) in [6.07, 6.45) is 0.149. The van der Waals surface area contributed by atoms with Gasteiger partial charge in [-0.3, -0.25) is 0 Å². The molecule has 1 aromatic heterocycles. The van der Waals surface area contributed by atoms with E-state index in [9.17, 15) is 13.2 Å². The lowest BCUT2D eigenvalue weighted by molar-refractivity contribution is -0.137. The minimum atomic E-state index is -4.35. The number of rotatable bonds is 9. The molecule has 0 fully saturated rings. The number of aliphatic imine (C=N–C) groups is 1. The first kappa shape index (κ1) is 21.7. The molecule has 0 radical (unpaired) electrons. The van der Waals surface area contributed by atoms with E-state index in [0.29, 0.717) is 24.6 Å². The SMILES string of the molecule is CCCCNC(=NCc1cccc(C(F)(F)F)c1)NCCn1cnnc1CC. The zero-order valence-corrected chi connectivity index (χ0v) is 16.3. The van der Waals surface area contributed by atoms with Gasteiger partial charge in [-0.2, -0.15) is 13.2 Å². The Kier molecular flexibility index (Phi) is 8.28. The summed E-state index contributed by atoms with van der Waals surface area (Å²) in [7, 11) is 0. The Labute approximate surface area is 163 Å². The van der Waals surface area contributed by atoms with Crippen LogP contribution in [0.25, 0.3) is 0 Å². The average Bonchev–Trinajstić information content (AvgIpc) is 3.13. The number of alkyl halides is 3. The number of halogens is 3. The highest BCUT2D eigenvalue weighted by Crippen LogP contribution is 2.29. The minimum absolute atomic E-state index is 0.165. The van der Waals surface area contributed by atoms with E-state index in [1.165, 1.54) is 6.07 Å². The molecule has 0 aliphatic heterocycles. The maximum atomic E-state index is 12.9. The Morgan fingerprint density at radius 1 is 1.18 bits per heavy atom. The molecule has 0 saturated carbocycles. The molecule has 0 atom stereocenters. The Morgan fingerprint density at radius 3 is 2.68 bits per heavy atom. The van der Waals surface area contributed by atoms with Crippen molar-refractivity contribution in [1.29, 1.82) is 0 Å². The average molecular weight is 396 g/mol. The van der Waals surface area contributed by atoms with Crippen LogP contribution < -0.4 is 10.6 Å². The predicted molar refractivity (Wildman–Crippen MR) is 103 cm³/mol. The molecular weight excluding hydrogens is 369 g/mol. The van der Waals surface area contributed by atoms with Crippen molar-refractivity contribution < 1.29 is 13.2 Å². The second-order valence-corrected chi connectivity index (χ2v) is 6.36. The molecule has 154 valence electrons. The van der Waals surface area contributed by atoms with E-state index in [1.807, 2.05) is 11.5 Å². The van der Waals surface area contributed by atoms with Crippen molar-refractivity contribution in [3.63, 3.8) is 0 Å². The van der Waals surface area contributed by atoms with Crippen LogP contribution >= 0.6 is 0 Å². The first-order valence-electron chi connectivity index (χ1n) is 9.49. The summed E-state index contributed by atoms with van der Waals surface area (Å²) in [4.78, 5) is 4.44. The zero-order chi connectivity index (χ0) is 20.4. The third kappa shape index (κ3) is 6.86. The smallest absolute Gasteiger partial charge is 0.356 e. The lowest BCUT2D eigenvalue weighted by Gasteiger charge is -2.13. The monoisotopic (exact) mass is 396 g/mol. The number of hydrogen-bond acceptors (Lipinski definition) is 3. The Balaban J connectivity index is 1.99. The largest absolute Gasteiger partial charge is 0.416 e. The highest BCUT2D eigenvalue weighted by atomic mass is 19.4. The normalized spacial score (nSPS) is 12.2. The van der Waals surface area contributed by atoms with Gasteiger partial charge in [-0.15, -0.1) is 10.2 Å². The number of aromatic nitrogens is 3. The summed E-state index contributed by atoms with van der Waals surface area (Å²) in [6, 6.07) is 5.25. The van der Waals surface area contributed by atoms with E-state index in [-0.39, 0.29) is 6.54 Å². The molecule has 0 aliphatic rings. The van der Waals surface area contributed by atoms with Gasteiger partial charge in [0.05, 0.1) is 12.1 Å². The molecular formula is C19H27F3N6. The van der Waals surface area contributed by atoms with Crippen LogP contribution in [0, 0.1) is 0 Å². The number of nitrogens with zero attached hydrogens (tertiary/aromatic N) is 4. The summed E-state index contributed by atoms with van der Waals surface area (Å²) in [5.41, 5.74) is -0.146. The molecule has 0 bridgehead atoms. The molecule has 2 aromatic rings. The summed E-state index contributed by atoms with van der Waals surface area (Å²) >= 11 is 0. The van der Waals surface area contributed by atoms with Crippen LogP contribution in [0.5, 0.6) is 0 Å². The second kappa shape index (κ2) is 10.7. The van der Waals surface area contributed by atoms with E-state index in [2.05, 4.69) is 32.7 Å². The Bertz CT molecular complexity index is 754. The van der Waals surface area contributed by atoms with Crippen LogP contribution in [-0.4, -0.2) is 33.8 Å². The maximum Gasteiger partial charge on any atom is 0.416 e. The van der Waals surface area contributed by atoms with Gasteiger partial charge in [0.2, 0.25) is 0 Å². The standard InChI is InChI=1S/C19H27F3N6/c1-3-5-9-23-18(24-10-11-28-14-26-27-17(28)4-2)25-13-15-7-6-8-16(12-15)19(20,21)22/h6-8,12,14H,3-5,9-11,13H2,1-2H3,(H2,23,24,25). The third-order valence-electron chi connectivity index (χ3n) is 4.15. The quantitative estimate of drug-likeness (QED) is 0.387. The molecule has 1 aromatic carbocycles. The van der Waals surface area contributed by atoms with Crippen molar-refractivity contribution in [1.82, 2.24) is 25.4 Å². The van der Waals surface area contributed by atoms with Crippen molar-refractivity contribution in [2.24, 2.45) is 4.99 Å². The molecule has 0 amide bonds. The fraction of sp³-hybridized carbons (Fsp3) is 0.526. The highest BCUT2D eigenvalue weighted by molar-refractivity contribution is 5.79. The van der Waals surface area contributed by atoms with Crippen LogP contribution in [0.2, 0.25) is 0 Å². The number of benzene rings is 1. The second-order valence-electron chi connectivity index (χ2n) is 6.36. The molecule has 1 heterocycles. The van der Waals surface area contributed by atoms with Gasteiger partial charge in [0.15, 0.2) is 5.96 Å². The minimum Gasteiger partial charge on any atom is -0.356 e. The van der Waals surface area contributed by atoms with E-state index in [1.54, 1.807) is 12.4 Å². The molecule has 0 spiro atoms. The number of guanidine groups is 1. The van der Waals surface area contributed by atoms with E-state index < -0.39 is 11.7 Å². The lowest BCUT2D eigenvalue weighted by Crippen LogP contribution is -2.39. The van der Waals surface area contributed by atoms with Gasteiger partial charge >= 0.3 is 6.18 Å². The summed E-state index contributed by atoms with van der Waals surface area (Å²) < 4.78 is 40.5. The van der Waals surface area contributed by atoms with Crippen molar-refractivity contribution in [2.45, 2.75) is 52.4 Å². The van der Waals surface area contributed by atoms with E-state index in [0.717, 1.165) is 43.8 Å². The fourth-order valence-corrected chi connectivity index (χ4v) is 2.61. The van der Waals surface area contributed by atoms with Gasteiger partial charge in [-0.25, -0.2) is 4.99 Å². The van der Waals surface area contributed by atoms with Gasteiger partial charge in [-0.1, -0.05) is 32.4 Å². The summed E-state index contributed by atoms with van der Waals surface area (Å²) in [5.74, 6) is 1.49. The number of nitrogens with one attached hydrogen (secondary N) is 2. The zero-order valence-electron chi connectivity index (χ0n) is 16.3. The Hall–Kier alpha value is -2.58. The first-order chi connectivity index (χ1) is 13.4. The van der Waals surface area contributed by atoms with Crippen molar-refractivity contribution >= 4 is 5.96 Å². The number of hydrogen-bond donors (Lipinski definition) is 2. The topological polar surface area (TPSA) is 67.1 Å². The van der Waals surface area contributed by atoms with Gasteiger partial charge in [0.1, 0.15) is 12.2 Å². The van der Waals surface area contributed by atoms with Gasteiger partial charge < -0.3 is 15.2 Å². The highest BCUT2D eigenvalue weighted by Gasteiger charge is 2.30. The van der Waals surface area contributed by atoms with Crippen molar-refractivity contribution in [3.8, 4) is 0 Å². The number of aryl methyl sites for hydroxylation is 1. The molecule has 28 heavy (non-hydrogen) atoms. The molecule has 0 saturated heterocycles. The van der Waals surface area contributed by atoms with Crippen molar-refractivity contribution in [3.05, 3.63) is 47.5 Å². The molecule has 2 rings (SSSR count). The molecule has 6 nitrogen and oxygen atoms in total. The van der Waals surface area contributed by atoms with E-state index >= 15 is 0 Å². The third-order valence-corrected chi connectivity index (χ3v) is 4.15. The van der Waals surface area contributed by atoms with Crippen LogP contribution in [0.4, 0.5) is 13.2 Å². The maximum absolute atomic E-state index is 12.9. The fourth-order valence-electron chi connectivity index (χ4n) is 2.61. The van der Waals surface area contributed by atoms with Gasteiger partial charge in [0.25, 0.3) is 0 Å². The van der Waals surface area contributed by atoms with Crippen LogP contribution in [0.15, 0.2) is 35.6 Å². The van der Waals surface area contributed by atoms with Crippen LogP contribution in [0.3, 0.4) is 0 Å². The Morgan fingerprint density at radius 2 is 1.96 bits per heavy atom. The number of unbranched alkanes of at least 4 members (excludes halogenated alkanes) is 1. The van der Waals surface area contributed by atoms with Crippen LogP contribution in [-0.2, 0) is 25.7 Å².